The molecule has 0 radical (unpaired) electrons. The molecule has 7 unspecified atom stereocenters. The number of ketones is 3. The Morgan fingerprint density at radius 1 is 0.907 bits per heavy atom. The number of nitrogens with zero attached hydrogens (tertiary/aromatic N) is 3. The zero-order chi connectivity index (χ0) is 61.5. The number of carbonyl (C=O) groups is 8. The highest BCUT2D eigenvalue weighted by molar-refractivity contribution is 8.76. The SMILES string of the molecule is COc1cccc2c1C(=O)c1c(O)c3c(c(O)c1C2=O)C[C@@](O)(C(C)=O)CC3OC1CC2NC(=O)OCc3c(SSCC(NC(=O)CCC(NC(=O)c4ccc(NCc5cnc6nc(N)[nH]c(=O)c6n5)cc4)C(=O)O)C(=O)O)cccc3C2C(C)O1. The van der Waals surface area contributed by atoms with Crippen LogP contribution in [0.5, 0.6) is 17.2 Å². The van der Waals surface area contributed by atoms with Crippen LogP contribution >= 0.6 is 21.6 Å². The van der Waals surface area contributed by atoms with Crippen LogP contribution in [0.2, 0.25) is 0 Å². The van der Waals surface area contributed by atoms with Crippen LogP contribution in [0.1, 0.15) is 122 Å². The van der Waals surface area contributed by atoms with Gasteiger partial charge in [0.05, 0.1) is 54.4 Å². The molecule has 10 rings (SSSR count). The van der Waals surface area contributed by atoms with Gasteiger partial charge in [-0.3, -0.25) is 33.8 Å². The molecule has 86 heavy (non-hydrogen) atoms. The molecule has 4 aliphatic rings. The largest absolute Gasteiger partial charge is 0.507 e. The Morgan fingerprint density at radius 2 is 1.64 bits per heavy atom. The van der Waals surface area contributed by atoms with Crippen molar-refractivity contribution in [2.75, 3.05) is 23.9 Å². The van der Waals surface area contributed by atoms with Crippen LogP contribution in [0.4, 0.5) is 16.4 Å². The molecule has 2 aliphatic carbocycles. The van der Waals surface area contributed by atoms with E-state index in [-0.39, 0.29) is 82.4 Å². The molecular weight excluding hydrogens is 1160 g/mol. The van der Waals surface area contributed by atoms with Gasteiger partial charge in [-0.25, -0.2) is 24.4 Å². The number of anilines is 2. The summed E-state index contributed by atoms with van der Waals surface area (Å²) < 4.78 is 24.0. The number of aromatic amines is 1. The Labute approximate surface area is 494 Å². The predicted molar refractivity (Wildman–Crippen MR) is 305 cm³/mol. The molecule has 4 heterocycles. The summed E-state index contributed by atoms with van der Waals surface area (Å²) in [4.78, 5) is 133. The number of hydrogen-bond acceptors (Lipinski definition) is 23. The van der Waals surface area contributed by atoms with Crippen molar-refractivity contribution in [2.24, 2.45) is 0 Å². The second-order valence-electron chi connectivity index (χ2n) is 20.8. The zero-order valence-corrected chi connectivity index (χ0v) is 47.5. The number of phenolic OH excluding ortho intramolecular Hbond substituents is 2. The fourth-order valence-electron chi connectivity index (χ4n) is 11.1. The molecule has 1 fully saturated rings. The van der Waals surface area contributed by atoms with Crippen molar-refractivity contribution in [1.29, 1.82) is 0 Å². The normalized spacial score (nSPS) is 21.0. The van der Waals surface area contributed by atoms with Crippen molar-refractivity contribution in [3.63, 3.8) is 0 Å². The van der Waals surface area contributed by atoms with E-state index in [0.717, 1.165) is 28.5 Å². The number of carboxylic acids is 2. The monoisotopic (exact) mass is 1220 g/mol. The number of carbonyl (C=O) groups excluding carboxylic acids is 6. The third-order valence-corrected chi connectivity index (χ3v) is 17.8. The molecule has 12 N–H and O–H groups in total. The van der Waals surface area contributed by atoms with Crippen molar-refractivity contribution in [2.45, 2.75) is 112 Å². The van der Waals surface area contributed by atoms with Crippen LogP contribution in [-0.4, -0.2) is 142 Å². The Hall–Kier alpha value is -9.16. The molecule has 2 aromatic heterocycles. The second kappa shape index (κ2) is 24.4. The molecule has 0 bridgehead atoms. The molecular formula is C57H55N9O18S2. The molecule has 27 nitrogen and oxygen atoms in total. The summed E-state index contributed by atoms with van der Waals surface area (Å²) in [6.45, 7) is 2.80. The number of ether oxygens (including phenoxy) is 4. The number of rotatable bonds is 19. The minimum absolute atomic E-state index is 0.000396. The number of methoxy groups -OCH3 is 1. The summed E-state index contributed by atoms with van der Waals surface area (Å²) in [6.07, 6.45) is -4.70. The van der Waals surface area contributed by atoms with Crippen LogP contribution < -0.4 is 37.3 Å². The Morgan fingerprint density at radius 3 is 2.36 bits per heavy atom. The molecule has 3 amide bonds. The fraction of sp³-hybridized carbons (Fsp3) is 0.333. The fourth-order valence-corrected chi connectivity index (χ4v) is 13.5. The summed E-state index contributed by atoms with van der Waals surface area (Å²) in [5.41, 5.74) is 3.66. The lowest BCUT2D eigenvalue weighted by Gasteiger charge is -2.45. The number of cyclic esters (lactones) is 1. The van der Waals surface area contributed by atoms with E-state index in [9.17, 15) is 68.7 Å². The third-order valence-electron chi connectivity index (χ3n) is 15.4. The van der Waals surface area contributed by atoms with E-state index >= 15 is 0 Å². The van der Waals surface area contributed by atoms with Gasteiger partial charge in [0, 0.05) is 81.8 Å². The first kappa shape index (κ1) is 60.0. The summed E-state index contributed by atoms with van der Waals surface area (Å²) in [6, 6.07) is 11.9. The van der Waals surface area contributed by atoms with Crippen molar-refractivity contribution in [3.05, 3.63) is 133 Å². The van der Waals surface area contributed by atoms with E-state index in [4.69, 9.17) is 24.7 Å². The topological polar surface area (TPSA) is 420 Å². The van der Waals surface area contributed by atoms with E-state index in [1.807, 2.05) is 6.07 Å². The Bertz CT molecular complexity index is 3870. The quantitative estimate of drug-likeness (QED) is 0.0403. The molecule has 2 aliphatic heterocycles. The highest BCUT2D eigenvalue weighted by atomic mass is 33.1. The van der Waals surface area contributed by atoms with Crippen molar-refractivity contribution in [3.8, 4) is 17.2 Å². The maximum Gasteiger partial charge on any atom is 0.407 e. The first-order valence-electron chi connectivity index (χ1n) is 26.7. The number of H-pyrrole nitrogens is 1. The highest BCUT2D eigenvalue weighted by Gasteiger charge is 2.50. The zero-order valence-electron chi connectivity index (χ0n) is 45.8. The van der Waals surface area contributed by atoms with E-state index in [2.05, 4.69) is 41.2 Å². The molecule has 29 heteroatoms. The van der Waals surface area contributed by atoms with E-state index in [0.29, 0.717) is 27.4 Å². The van der Waals surface area contributed by atoms with Crippen LogP contribution in [0.15, 0.2) is 76.6 Å². The van der Waals surface area contributed by atoms with Gasteiger partial charge in [-0.05, 0) is 62.2 Å². The van der Waals surface area contributed by atoms with Gasteiger partial charge in [0.25, 0.3) is 11.5 Å². The number of carboxylic acid groups (broad SMARTS) is 2. The number of nitrogen functional groups attached to an aromatic ring is 1. The number of phenols is 2. The van der Waals surface area contributed by atoms with Gasteiger partial charge in [-0.2, -0.15) is 4.98 Å². The maximum absolute atomic E-state index is 14.2. The van der Waals surface area contributed by atoms with Crippen molar-refractivity contribution < 1.29 is 82.8 Å². The number of aliphatic carboxylic acids is 2. The Balaban J connectivity index is 0.766. The number of alkyl carbamates (subject to hydrolysis) is 1. The number of hydrogen-bond donors (Lipinski definition) is 11. The molecule has 8 atom stereocenters. The van der Waals surface area contributed by atoms with E-state index in [1.54, 1.807) is 31.2 Å². The summed E-state index contributed by atoms with van der Waals surface area (Å²) in [5.74, 6) is -8.90. The van der Waals surface area contributed by atoms with Crippen LogP contribution in [0, 0.1) is 0 Å². The van der Waals surface area contributed by atoms with Crippen LogP contribution in [0.25, 0.3) is 11.2 Å². The number of fused-ring (bicyclic) bond motifs is 7. The number of aromatic hydroxyl groups is 2. The minimum Gasteiger partial charge on any atom is -0.507 e. The van der Waals surface area contributed by atoms with Gasteiger partial charge in [0.2, 0.25) is 17.6 Å². The van der Waals surface area contributed by atoms with E-state index < -0.39 is 143 Å². The van der Waals surface area contributed by atoms with Gasteiger partial charge in [0.15, 0.2) is 29.0 Å². The minimum atomic E-state index is -2.17. The number of Topliss-reactive ketones (excluding diaryl/α,β-unsaturated/α-hetero) is 1. The van der Waals surface area contributed by atoms with E-state index in [1.165, 1.54) is 43.6 Å². The summed E-state index contributed by atoms with van der Waals surface area (Å²) in [5, 5.41) is 66.4. The molecule has 6 aromatic rings. The number of aliphatic hydroxyl groups is 1. The first-order chi connectivity index (χ1) is 41.0. The molecule has 4 aromatic carbocycles. The van der Waals surface area contributed by atoms with Crippen molar-refractivity contribution in [1.82, 2.24) is 35.9 Å². The molecule has 1 saturated heterocycles. The smallest absolute Gasteiger partial charge is 0.407 e. The van der Waals surface area contributed by atoms with Crippen LogP contribution in [0.3, 0.4) is 0 Å². The van der Waals surface area contributed by atoms with Gasteiger partial charge < -0.3 is 71.5 Å². The van der Waals surface area contributed by atoms with Gasteiger partial charge in [-0.1, -0.05) is 45.9 Å². The summed E-state index contributed by atoms with van der Waals surface area (Å²) >= 11 is 0. The number of nitrogens with two attached hydrogens (primary N) is 1. The number of nitrogens with one attached hydrogen (secondary N) is 5. The van der Waals surface area contributed by atoms with Gasteiger partial charge in [-0.15, -0.1) is 0 Å². The standard InChI is InChI=1S/C57H55N9O18S2/c1-23-40-28-6-5-9-37(86-85-22-34(54(77)78)62-38(68)15-14-32(53(75)76)63-51(73)25-10-12-26(13-11-25)59-19-27-20-60-50-45(61-27)52(74)66-55(58)65-50)31(28)21-82-56(79)64-33(40)16-39(83-23)84-36-18-57(80,24(2)67)17-30-42(36)49(72)44-43(47(30)70)46(69)29-7-4-8-35(81-3)41(29)48(44)71/h4-13,20,23,32-34,36,39-40,59,70,72,80H,14-19,21-22H2,1-3H3,(H,62,68)(H,63,73)(H,64,79)(H,75,76)(H,77,78)(H3,58,60,65,66,74)/t23?,32?,33?,34?,36?,39?,40?,57-/m0/s1. The molecule has 0 spiro atoms. The lowest BCUT2D eigenvalue weighted by atomic mass is 9.72. The predicted octanol–water partition coefficient (Wildman–Crippen LogP) is 3.93. The second-order valence-corrected chi connectivity index (χ2v) is 23.2. The average molecular weight is 1220 g/mol. The van der Waals surface area contributed by atoms with Gasteiger partial charge in [0.1, 0.15) is 41.5 Å². The summed E-state index contributed by atoms with van der Waals surface area (Å²) in [7, 11) is 3.53. The maximum atomic E-state index is 14.2. The van der Waals surface area contributed by atoms with Gasteiger partial charge >= 0.3 is 18.0 Å². The lowest BCUT2D eigenvalue weighted by molar-refractivity contribution is -0.232. The average Bonchev–Trinajstić information content (AvgIpc) is 0.845. The Kier molecular flexibility index (Phi) is 17.0. The van der Waals surface area contributed by atoms with Crippen molar-refractivity contribution >= 4 is 91.6 Å². The first-order valence-corrected chi connectivity index (χ1v) is 29.0. The number of amides is 3. The third kappa shape index (κ3) is 11.9. The highest BCUT2D eigenvalue weighted by Crippen LogP contribution is 2.53. The lowest BCUT2D eigenvalue weighted by Crippen LogP contribution is -2.52. The number of aromatic nitrogens is 4. The number of benzene rings is 4. The molecule has 0 saturated carbocycles. The van der Waals surface area contributed by atoms with Crippen LogP contribution in [-0.2, 0) is 53.0 Å². The molecule has 448 valence electrons.